The molecule has 2 aromatic rings. The normalized spacial score (nSPS) is 10.7. The van der Waals surface area contributed by atoms with E-state index in [0.29, 0.717) is 0 Å². The molecule has 18 heavy (non-hydrogen) atoms. The monoisotopic (exact) mass is 254 g/mol. The number of hydrogen-bond acceptors (Lipinski definition) is 3. The van der Waals surface area contributed by atoms with Crippen molar-refractivity contribution in [2.24, 2.45) is 10.2 Å². The van der Waals surface area contributed by atoms with Gasteiger partial charge in [-0.2, -0.15) is 10.2 Å². The molecule has 0 saturated carbocycles. The topological polar surface area (TPSA) is 24.7 Å². The van der Waals surface area contributed by atoms with Gasteiger partial charge in [-0.3, -0.25) is 0 Å². The third-order valence-corrected chi connectivity index (χ3v) is 3.25. The fourth-order valence-electron chi connectivity index (χ4n) is 1.37. The van der Waals surface area contributed by atoms with E-state index in [4.69, 9.17) is 0 Å². The maximum absolute atomic E-state index is 4.19. The van der Waals surface area contributed by atoms with Gasteiger partial charge < -0.3 is 0 Å². The molecule has 2 nitrogen and oxygen atoms in total. The summed E-state index contributed by atoms with van der Waals surface area (Å²) in [6.07, 6.45) is 1.90. The highest BCUT2D eigenvalue weighted by Gasteiger charge is 1.93. The first-order chi connectivity index (χ1) is 8.88. The first-order valence-electron chi connectivity index (χ1n) is 5.69. The largest absolute Gasteiger partial charge is 0.151 e. The maximum Gasteiger partial charge on any atom is 0.0857 e. The van der Waals surface area contributed by atoms with Crippen molar-refractivity contribution >= 4 is 23.1 Å². The van der Waals surface area contributed by atoms with E-state index in [1.165, 1.54) is 4.90 Å². The Bertz CT molecular complexity index is 518. The molecule has 0 heterocycles. The Morgan fingerprint density at radius 3 is 2.11 bits per heavy atom. The Hall–Kier alpha value is -1.87. The fraction of sp³-hybridized carbons (Fsp3) is 0.0667. The predicted octanol–water partition coefficient (Wildman–Crippen LogP) is 5.38. The van der Waals surface area contributed by atoms with Crippen molar-refractivity contribution < 1.29 is 0 Å². The van der Waals surface area contributed by atoms with E-state index in [1.807, 2.05) is 60.7 Å². The van der Waals surface area contributed by atoms with Gasteiger partial charge in [-0.15, -0.1) is 18.3 Å². The van der Waals surface area contributed by atoms with Gasteiger partial charge in [0.05, 0.1) is 11.4 Å². The van der Waals surface area contributed by atoms with Gasteiger partial charge in [-0.25, -0.2) is 0 Å². The lowest BCUT2D eigenvalue weighted by Crippen LogP contribution is -1.72. The summed E-state index contributed by atoms with van der Waals surface area (Å²) in [6, 6.07) is 17.8. The molecule has 0 N–H and O–H groups in total. The van der Waals surface area contributed by atoms with Crippen LogP contribution in [0.3, 0.4) is 0 Å². The van der Waals surface area contributed by atoms with Crippen molar-refractivity contribution in [3.8, 4) is 0 Å². The molecule has 0 spiro atoms. The van der Waals surface area contributed by atoms with Crippen LogP contribution in [0.1, 0.15) is 0 Å². The van der Waals surface area contributed by atoms with Crippen LogP contribution in [0.4, 0.5) is 11.4 Å². The highest BCUT2D eigenvalue weighted by atomic mass is 32.2. The van der Waals surface area contributed by atoms with Crippen LogP contribution in [0.2, 0.25) is 0 Å². The number of rotatable bonds is 5. The Balaban J connectivity index is 2.02. The van der Waals surface area contributed by atoms with Gasteiger partial charge in [0.25, 0.3) is 0 Å². The second-order valence-corrected chi connectivity index (χ2v) is 4.72. The van der Waals surface area contributed by atoms with Gasteiger partial charge >= 0.3 is 0 Å². The minimum Gasteiger partial charge on any atom is -0.151 e. The second kappa shape index (κ2) is 6.77. The van der Waals surface area contributed by atoms with E-state index in [-0.39, 0.29) is 0 Å². The number of hydrogen-bond donors (Lipinski definition) is 0. The Morgan fingerprint density at radius 2 is 1.50 bits per heavy atom. The van der Waals surface area contributed by atoms with Gasteiger partial charge in [0.1, 0.15) is 0 Å². The molecule has 3 heteroatoms. The minimum absolute atomic E-state index is 0.863. The summed E-state index contributed by atoms with van der Waals surface area (Å²) in [5.41, 5.74) is 1.73. The lowest BCUT2D eigenvalue weighted by Gasteiger charge is -1.98. The molecule has 0 amide bonds. The lowest BCUT2D eigenvalue weighted by atomic mass is 10.3. The van der Waals surface area contributed by atoms with Crippen LogP contribution in [0.5, 0.6) is 0 Å². The second-order valence-electron chi connectivity index (χ2n) is 3.63. The molecule has 0 aromatic heterocycles. The zero-order valence-corrected chi connectivity index (χ0v) is 10.8. The third kappa shape index (κ3) is 3.86. The lowest BCUT2D eigenvalue weighted by molar-refractivity contribution is 1.22. The van der Waals surface area contributed by atoms with Crippen molar-refractivity contribution in [1.29, 1.82) is 0 Å². The molecule has 0 fully saturated rings. The third-order valence-electron chi connectivity index (χ3n) is 2.24. The molecule has 2 aromatic carbocycles. The highest BCUT2D eigenvalue weighted by molar-refractivity contribution is 7.99. The van der Waals surface area contributed by atoms with E-state index < -0.39 is 0 Å². The highest BCUT2D eigenvalue weighted by Crippen LogP contribution is 2.23. The Kier molecular flexibility index (Phi) is 4.73. The van der Waals surface area contributed by atoms with Crippen LogP contribution in [0.15, 0.2) is 82.4 Å². The Morgan fingerprint density at radius 1 is 0.889 bits per heavy atom. The summed E-state index contributed by atoms with van der Waals surface area (Å²) >= 11 is 1.75. The van der Waals surface area contributed by atoms with E-state index >= 15 is 0 Å². The fourth-order valence-corrected chi connectivity index (χ4v) is 2.01. The summed E-state index contributed by atoms with van der Waals surface area (Å²) in [5.74, 6) is 0.922. The molecular weight excluding hydrogens is 240 g/mol. The van der Waals surface area contributed by atoms with Crippen molar-refractivity contribution in [2.75, 3.05) is 5.75 Å². The Labute approximate surface area is 111 Å². The first-order valence-corrected chi connectivity index (χ1v) is 6.67. The van der Waals surface area contributed by atoms with Crippen LogP contribution in [0, 0.1) is 0 Å². The predicted molar refractivity (Wildman–Crippen MR) is 78.0 cm³/mol. The SMILES string of the molecule is C=CCSc1ccc(/N=N/c2ccccc2)cc1. The van der Waals surface area contributed by atoms with E-state index in [2.05, 4.69) is 16.8 Å². The molecule has 0 radical (unpaired) electrons. The van der Waals surface area contributed by atoms with Crippen molar-refractivity contribution in [3.05, 3.63) is 67.3 Å². The van der Waals surface area contributed by atoms with E-state index in [9.17, 15) is 0 Å². The van der Waals surface area contributed by atoms with Crippen molar-refractivity contribution in [1.82, 2.24) is 0 Å². The van der Waals surface area contributed by atoms with Gasteiger partial charge in [0, 0.05) is 10.6 Å². The summed E-state index contributed by atoms with van der Waals surface area (Å²) in [6.45, 7) is 3.70. The van der Waals surface area contributed by atoms with Crippen LogP contribution in [0.25, 0.3) is 0 Å². The molecule has 0 bridgehead atoms. The summed E-state index contributed by atoms with van der Waals surface area (Å²) < 4.78 is 0. The molecule has 0 unspecified atom stereocenters. The first kappa shape index (κ1) is 12.6. The molecule has 0 aliphatic heterocycles. The number of thioether (sulfide) groups is 1. The number of nitrogens with zero attached hydrogens (tertiary/aromatic N) is 2. The summed E-state index contributed by atoms with van der Waals surface area (Å²) in [5, 5.41) is 8.36. The van der Waals surface area contributed by atoms with Gasteiger partial charge in [0.2, 0.25) is 0 Å². The van der Waals surface area contributed by atoms with Gasteiger partial charge in [-0.05, 0) is 36.4 Å². The number of benzene rings is 2. The quantitative estimate of drug-likeness (QED) is 0.399. The standard InChI is InChI=1S/C15H14N2S/c1-2-12-18-15-10-8-14(9-11-15)17-16-13-6-4-3-5-7-13/h2-11H,1,12H2/b17-16+. The average Bonchev–Trinajstić information content (AvgIpc) is 2.45. The van der Waals surface area contributed by atoms with E-state index in [0.717, 1.165) is 17.1 Å². The maximum atomic E-state index is 4.19. The molecule has 2 rings (SSSR count). The molecular formula is C15H14N2S. The van der Waals surface area contributed by atoms with Crippen LogP contribution in [-0.2, 0) is 0 Å². The zero-order valence-electron chi connectivity index (χ0n) is 9.99. The molecule has 90 valence electrons. The van der Waals surface area contributed by atoms with Crippen LogP contribution in [-0.4, -0.2) is 5.75 Å². The minimum atomic E-state index is 0.863. The van der Waals surface area contributed by atoms with Crippen LogP contribution < -0.4 is 0 Å². The van der Waals surface area contributed by atoms with Gasteiger partial charge in [-0.1, -0.05) is 24.3 Å². The van der Waals surface area contributed by atoms with Crippen molar-refractivity contribution in [3.63, 3.8) is 0 Å². The van der Waals surface area contributed by atoms with E-state index in [1.54, 1.807) is 11.8 Å². The number of azo groups is 1. The molecule has 0 aliphatic rings. The zero-order chi connectivity index (χ0) is 12.6. The van der Waals surface area contributed by atoms with Crippen molar-refractivity contribution in [2.45, 2.75) is 4.90 Å². The average molecular weight is 254 g/mol. The summed E-state index contributed by atoms with van der Waals surface area (Å²) in [7, 11) is 0. The molecule has 0 atom stereocenters. The molecule has 0 saturated heterocycles. The smallest absolute Gasteiger partial charge is 0.0857 e. The summed E-state index contributed by atoms with van der Waals surface area (Å²) in [4.78, 5) is 1.22. The molecule has 0 aliphatic carbocycles. The van der Waals surface area contributed by atoms with Crippen LogP contribution >= 0.6 is 11.8 Å². The van der Waals surface area contributed by atoms with Gasteiger partial charge in [0.15, 0.2) is 0 Å².